The predicted octanol–water partition coefficient (Wildman–Crippen LogP) is 8.70. The molecular formula is C32H51NO. The van der Waals surface area contributed by atoms with Gasteiger partial charge in [0.05, 0.1) is 0 Å². The lowest BCUT2D eigenvalue weighted by Gasteiger charge is -2.38. The van der Waals surface area contributed by atoms with E-state index in [1.807, 2.05) is 31.9 Å². The highest BCUT2D eigenvalue weighted by Gasteiger charge is 2.31. The molecule has 0 atom stereocenters. The van der Waals surface area contributed by atoms with E-state index in [0.717, 1.165) is 48.6 Å². The monoisotopic (exact) mass is 465 g/mol. The van der Waals surface area contributed by atoms with Gasteiger partial charge in [-0.3, -0.25) is 4.79 Å². The minimum Gasteiger partial charge on any atom is -0.342 e. The Morgan fingerprint density at radius 2 is 1.53 bits per heavy atom. The normalized spacial score (nSPS) is 25.8. The Morgan fingerprint density at radius 1 is 0.912 bits per heavy atom. The number of unbranched alkanes of at least 4 members (excludes halogenated alkanes) is 2. The van der Waals surface area contributed by atoms with Crippen LogP contribution in [-0.4, -0.2) is 24.4 Å². The lowest BCUT2D eigenvalue weighted by atomic mass is 9.68. The number of hydrogen-bond donors (Lipinski definition) is 0. The summed E-state index contributed by atoms with van der Waals surface area (Å²) in [4.78, 5) is 14.0. The van der Waals surface area contributed by atoms with E-state index in [2.05, 4.69) is 31.2 Å². The average molecular weight is 466 g/mol. The first kappa shape index (κ1) is 27.0. The zero-order chi connectivity index (χ0) is 24.3. The van der Waals surface area contributed by atoms with Crippen molar-refractivity contribution in [1.29, 1.82) is 0 Å². The van der Waals surface area contributed by atoms with E-state index >= 15 is 0 Å². The molecule has 34 heavy (non-hydrogen) atoms. The molecule has 0 spiro atoms. The van der Waals surface area contributed by atoms with Gasteiger partial charge in [0, 0.05) is 19.2 Å². The molecule has 0 bridgehead atoms. The molecule has 2 nitrogen and oxygen atoms in total. The van der Waals surface area contributed by atoms with Gasteiger partial charge in [-0.15, -0.1) is 0 Å². The predicted molar refractivity (Wildman–Crippen MR) is 146 cm³/mol. The summed E-state index contributed by atoms with van der Waals surface area (Å²) in [5, 5.41) is 0. The molecule has 2 saturated carbocycles. The minimum atomic E-state index is 0.147. The molecule has 1 aromatic carbocycles. The number of benzene rings is 1. The minimum absolute atomic E-state index is 0.147. The molecule has 0 unspecified atom stereocenters. The lowest BCUT2D eigenvalue weighted by molar-refractivity contribution is -0.125. The van der Waals surface area contributed by atoms with Gasteiger partial charge in [0.15, 0.2) is 0 Å². The SMILES string of the molecule is C/C=C(\C)C(=O)N(C)CCCc1ccc(C2CCC(C3CCC(CCCCC)CC3)CC2)cc1. The van der Waals surface area contributed by atoms with Crippen molar-refractivity contribution in [1.82, 2.24) is 4.90 Å². The molecule has 0 N–H and O–H groups in total. The number of amides is 1. The average Bonchev–Trinajstić information content (AvgIpc) is 2.89. The highest BCUT2D eigenvalue weighted by molar-refractivity contribution is 5.92. The Bertz CT molecular complexity index is 748. The van der Waals surface area contributed by atoms with E-state index < -0.39 is 0 Å². The molecule has 2 aliphatic rings. The number of allylic oxidation sites excluding steroid dienone is 1. The van der Waals surface area contributed by atoms with Gasteiger partial charge in [-0.25, -0.2) is 0 Å². The maximum atomic E-state index is 12.2. The number of aryl methyl sites for hydroxylation is 1. The topological polar surface area (TPSA) is 20.3 Å². The maximum absolute atomic E-state index is 12.2. The molecule has 0 aliphatic heterocycles. The highest BCUT2D eigenvalue weighted by Crippen LogP contribution is 2.44. The first-order valence-corrected chi connectivity index (χ1v) is 14.5. The molecule has 0 radical (unpaired) electrons. The third-order valence-corrected chi connectivity index (χ3v) is 9.07. The summed E-state index contributed by atoms with van der Waals surface area (Å²) in [6.45, 7) is 6.96. The van der Waals surface area contributed by atoms with E-state index in [0.29, 0.717) is 0 Å². The second-order valence-corrected chi connectivity index (χ2v) is 11.4. The maximum Gasteiger partial charge on any atom is 0.248 e. The molecule has 2 fully saturated rings. The quantitative estimate of drug-likeness (QED) is 0.236. The molecule has 0 saturated heterocycles. The smallest absolute Gasteiger partial charge is 0.248 e. The zero-order valence-corrected chi connectivity index (χ0v) is 22.7. The Hall–Kier alpha value is -1.57. The molecular weight excluding hydrogens is 414 g/mol. The number of hydrogen-bond acceptors (Lipinski definition) is 1. The summed E-state index contributed by atoms with van der Waals surface area (Å²) in [5.41, 5.74) is 3.78. The Labute approximate surface area is 210 Å². The van der Waals surface area contributed by atoms with E-state index in [9.17, 15) is 4.79 Å². The molecule has 2 heteroatoms. The van der Waals surface area contributed by atoms with Crippen LogP contribution in [0.15, 0.2) is 35.9 Å². The number of nitrogens with zero attached hydrogens (tertiary/aromatic N) is 1. The summed E-state index contributed by atoms with van der Waals surface area (Å²) in [7, 11) is 1.91. The number of likely N-dealkylation sites (N-methyl/N-ethyl adjacent to an activating group) is 1. The van der Waals surface area contributed by atoms with Gasteiger partial charge in [0.25, 0.3) is 0 Å². The van der Waals surface area contributed by atoms with Gasteiger partial charge >= 0.3 is 0 Å². The summed E-state index contributed by atoms with van der Waals surface area (Å²) in [5.74, 6) is 3.97. The Morgan fingerprint density at radius 3 is 2.12 bits per heavy atom. The molecule has 1 amide bonds. The van der Waals surface area contributed by atoms with Crippen LogP contribution >= 0.6 is 0 Å². The van der Waals surface area contributed by atoms with Gasteiger partial charge in [-0.1, -0.05) is 75.8 Å². The molecule has 3 rings (SSSR count). The number of rotatable bonds is 11. The molecule has 0 heterocycles. The fourth-order valence-corrected chi connectivity index (χ4v) is 6.56. The number of carbonyl (C=O) groups excluding carboxylic acids is 1. The Kier molecular flexibility index (Phi) is 11.2. The van der Waals surface area contributed by atoms with Crippen molar-refractivity contribution in [2.75, 3.05) is 13.6 Å². The summed E-state index contributed by atoms with van der Waals surface area (Å²) < 4.78 is 0. The van der Waals surface area contributed by atoms with Crippen molar-refractivity contribution < 1.29 is 4.79 Å². The van der Waals surface area contributed by atoms with E-state index in [4.69, 9.17) is 0 Å². The van der Waals surface area contributed by atoms with Crippen LogP contribution in [0.25, 0.3) is 0 Å². The van der Waals surface area contributed by atoms with Crippen molar-refractivity contribution >= 4 is 5.91 Å². The van der Waals surface area contributed by atoms with Crippen molar-refractivity contribution in [3.63, 3.8) is 0 Å². The molecule has 1 aromatic rings. The van der Waals surface area contributed by atoms with Crippen molar-refractivity contribution in [2.24, 2.45) is 17.8 Å². The van der Waals surface area contributed by atoms with Crippen LogP contribution in [0.1, 0.15) is 121 Å². The molecule has 190 valence electrons. The van der Waals surface area contributed by atoms with Crippen LogP contribution in [0.5, 0.6) is 0 Å². The molecule has 2 aliphatic carbocycles. The fraction of sp³-hybridized carbons (Fsp3) is 0.719. The zero-order valence-electron chi connectivity index (χ0n) is 22.7. The van der Waals surface area contributed by atoms with Gasteiger partial charge in [0.2, 0.25) is 5.91 Å². The van der Waals surface area contributed by atoms with Crippen LogP contribution in [-0.2, 0) is 11.2 Å². The van der Waals surface area contributed by atoms with Crippen molar-refractivity contribution in [3.8, 4) is 0 Å². The van der Waals surface area contributed by atoms with Gasteiger partial charge < -0.3 is 4.90 Å². The van der Waals surface area contributed by atoms with Crippen LogP contribution in [0.2, 0.25) is 0 Å². The van der Waals surface area contributed by atoms with Crippen LogP contribution < -0.4 is 0 Å². The first-order valence-electron chi connectivity index (χ1n) is 14.5. The van der Waals surface area contributed by atoms with E-state index in [-0.39, 0.29) is 5.91 Å². The largest absolute Gasteiger partial charge is 0.342 e. The van der Waals surface area contributed by atoms with Crippen molar-refractivity contribution in [2.45, 2.75) is 117 Å². The summed E-state index contributed by atoms with van der Waals surface area (Å²) >= 11 is 0. The van der Waals surface area contributed by atoms with E-state index in [1.165, 1.54) is 82.6 Å². The summed E-state index contributed by atoms with van der Waals surface area (Å²) in [6, 6.07) is 9.45. The Balaban J connectivity index is 1.36. The number of carbonyl (C=O) groups is 1. The third kappa shape index (κ3) is 7.99. The second kappa shape index (κ2) is 14.1. The van der Waals surface area contributed by atoms with Gasteiger partial charge in [0.1, 0.15) is 0 Å². The standard InChI is InChI=1S/C32H51NO/c1-5-7-8-10-26-12-16-28(17-13-26)30-20-22-31(23-21-30)29-18-14-27(15-19-29)11-9-24-33(4)32(34)25(3)6-2/h6,14-15,18-19,26,28,30-31H,5,7-13,16-17,20-24H2,1-4H3/b25-6+. The summed E-state index contributed by atoms with van der Waals surface area (Å²) in [6.07, 6.45) is 21.4. The van der Waals surface area contributed by atoms with E-state index in [1.54, 1.807) is 5.56 Å². The van der Waals surface area contributed by atoms with Crippen molar-refractivity contribution in [3.05, 3.63) is 47.0 Å². The van der Waals surface area contributed by atoms with Crippen LogP contribution in [0.4, 0.5) is 0 Å². The van der Waals surface area contributed by atoms with Gasteiger partial charge in [-0.05, 0) is 100 Å². The van der Waals surface area contributed by atoms with Gasteiger partial charge in [-0.2, -0.15) is 0 Å². The highest BCUT2D eigenvalue weighted by atomic mass is 16.2. The lowest BCUT2D eigenvalue weighted by Crippen LogP contribution is -2.28. The molecule has 0 aromatic heterocycles. The van der Waals surface area contributed by atoms with Crippen LogP contribution in [0.3, 0.4) is 0 Å². The fourth-order valence-electron chi connectivity index (χ4n) is 6.56. The first-order chi connectivity index (χ1) is 16.5. The second-order valence-electron chi connectivity index (χ2n) is 11.4. The van der Waals surface area contributed by atoms with Crippen LogP contribution in [0, 0.1) is 17.8 Å². The third-order valence-electron chi connectivity index (χ3n) is 9.07.